The first-order chi connectivity index (χ1) is 11.5. The van der Waals surface area contributed by atoms with Crippen molar-refractivity contribution >= 4 is 17.6 Å². The molecule has 0 aromatic carbocycles. The van der Waals surface area contributed by atoms with Crippen molar-refractivity contribution in [3.63, 3.8) is 0 Å². The maximum atomic E-state index is 11.6. The van der Waals surface area contributed by atoms with Crippen LogP contribution in [0.1, 0.15) is 34.6 Å². The average molecular weight is 377 g/mol. The van der Waals surface area contributed by atoms with Crippen molar-refractivity contribution in [2.45, 2.75) is 88.4 Å². The number of fused-ring (bicyclic) bond motifs is 3. The van der Waals surface area contributed by atoms with Gasteiger partial charge in [-0.15, -0.1) is 18.2 Å². The van der Waals surface area contributed by atoms with Gasteiger partial charge in [0.15, 0.2) is 24.0 Å². The lowest BCUT2D eigenvalue weighted by Crippen LogP contribution is -2.60. The number of esters is 1. The first-order valence-corrected chi connectivity index (χ1v) is 8.77. The molecular formula is C17H25ClO7. The zero-order valence-corrected chi connectivity index (χ0v) is 15.8. The van der Waals surface area contributed by atoms with E-state index in [1.165, 1.54) is 13.0 Å². The summed E-state index contributed by atoms with van der Waals surface area (Å²) in [5.74, 6) is -2.12. The standard InChI is InChI=1S/C17H25ClO7/c1-7-9(18)10(20-8(2)19)11-12-13(23-16(3,4)22-12)14-15(21-11)25-17(5,6)24-14/h7,9-15H,1H2,2-6H3/t9?,10?,11-,12+,13+,14-,15-/m1/s1. The minimum Gasteiger partial charge on any atom is -0.458 e. The minimum atomic E-state index is -0.835. The van der Waals surface area contributed by atoms with Gasteiger partial charge in [0, 0.05) is 6.92 Å². The topological polar surface area (TPSA) is 72.5 Å². The summed E-state index contributed by atoms with van der Waals surface area (Å²) >= 11 is 6.33. The number of hydrogen-bond donors (Lipinski definition) is 0. The van der Waals surface area contributed by atoms with Crippen molar-refractivity contribution in [3.05, 3.63) is 12.7 Å². The third kappa shape index (κ3) is 3.72. The fourth-order valence-electron chi connectivity index (χ4n) is 3.55. The van der Waals surface area contributed by atoms with E-state index in [1.54, 1.807) is 13.8 Å². The number of rotatable bonds is 4. The molecule has 8 heteroatoms. The normalized spacial score (nSPS) is 40.6. The van der Waals surface area contributed by atoms with Crippen LogP contribution in [0.15, 0.2) is 12.7 Å². The molecule has 0 bridgehead atoms. The predicted octanol–water partition coefficient (Wildman–Crippen LogP) is 2.11. The summed E-state index contributed by atoms with van der Waals surface area (Å²) in [4.78, 5) is 11.6. The van der Waals surface area contributed by atoms with E-state index in [1.807, 2.05) is 13.8 Å². The Labute approximate surface area is 152 Å². The van der Waals surface area contributed by atoms with E-state index in [4.69, 9.17) is 40.0 Å². The zero-order valence-electron chi connectivity index (χ0n) is 15.1. The minimum absolute atomic E-state index is 0.438. The summed E-state index contributed by atoms with van der Waals surface area (Å²) in [6.45, 7) is 12.2. The van der Waals surface area contributed by atoms with Crippen LogP contribution in [-0.4, -0.2) is 59.7 Å². The summed E-state index contributed by atoms with van der Waals surface area (Å²) < 4.78 is 35.4. The predicted molar refractivity (Wildman–Crippen MR) is 87.9 cm³/mol. The Morgan fingerprint density at radius 3 is 2.24 bits per heavy atom. The Morgan fingerprint density at radius 2 is 1.64 bits per heavy atom. The van der Waals surface area contributed by atoms with Crippen molar-refractivity contribution in [1.82, 2.24) is 0 Å². The molecule has 0 aromatic heterocycles. The highest BCUT2D eigenvalue weighted by Crippen LogP contribution is 2.45. The van der Waals surface area contributed by atoms with Gasteiger partial charge >= 0.3 is 5.97 Å². The van der Waals surface area contributed by atoms with Crippen LogP contribution in [0.5, 0.6) is 0 Å². The van der Waals surface area contributed by atoms with Gasteiger partial charge in [-0.2, -0.15) is 0 Å². The molecule has 0 spiro atoms. The molecule has 2 unspecified atom stereocenters. The summed E-state index contributed by atoms with van der Waals surface area (Å²) in [5.41, 5.74) is 0. The molecule has 0 saturated carbocycles. The lowest BCUT2D eigenvalue weighted by atomic mass is 9.93. The highest BCUT2D eigenvalue weighted by atomic mass is 35.5. The van der Waals surface area contributed by atoms with Crippen LogP contribution in [0.4, 0.5) is 0 Å². The molecule has 0 aliphatic carbocycles. The maximum Gasteiger partial charge on any atom is 0.303 e. The number of hydrogen-bond acceptors (Lipinski definition) is 7. The molecule has 3 aliphatic rings. The van der Waals surface area contributed by atoms with Gasteiger partial charge < -0.3 is 28.4 Å². The van der Waals surface area contributed by atoms with Gasteiger partial charge in [-0.25, -0.2) is 0 Å². The third-order valence-corrected chi connectivity index (χ3v) is 4.78. The largest absolute Gasteiger partial charge is 0.458 e. The van der Waals surface area contributed by atoms with Crippen LogP contribution in [0.2, 0.25) is 0 Å². The van der Waals surface area contributed by atoms with Gasteiger partial charge in [-0.3, -0.25) is 4.79 Å². The highest BCUT2D eigenvalue weighted by Gasteiger charge is 2.62. The molecule has 3 aliphatic heterocycles. The molecular weight excluding hydrogens is 352 g/mol. The molecule has 3 saturated heterocycles. The molecule has 0 radical (unpaired) electrons. The molecule has 3 rings (SSSR count). The van der Waals surface area contributed by atoms with Crippen LogP contribution in [-0.2, 0) is 33.2 Å². The van der Waals surface area contributed by atoms with E-state index < -0.39 is 59.7 Å². The summed E-state index contributed by atoms with van der Waals surface area (Å²) in [6.07, 6.45) is -2.08. The number of carbonyl (C=O) groups is 1. The smallest absolute Gasteiger partial charge is 0.303 e. The quantitative estimate of drug-likeness (QED) is 0.422. The van der Waals surface area contributed by atoms with E-state index in [2.05, 4.69) is 6.58 Å². The molecule has 0 aromatic rings. The van der Waals surface area contributed by atoms with E-state index in [9.17, 15) is 4.79 Å². The van der Waals surface area contributed by atoms with Crippen LogP contribution >= 0.6 is 11.6 Å². The molecule has 7 atom stereocenters. The van der Waals surface area contributed by atoms with Gasteiger partial charge in [0.25, 0.3) is 0 Å². The third-order valence-electron chi connectivity index (χ3n) is 4.36. The molecule has 3 heterocycles. The number of alkyl halides is 1. The van der Waals surface area contributed by atoms with Crippen molar-refractivity contribution in [2.75, 3.05) is 0 Å². The van der Waals surface area contributed by atoms with E-state index in [0.717, 1.165) is 0 Å². The number of halogens is 1. The fourth-order valence-corrected chi connectivity index (χ4v) is 3.74. The van der Waals surface area contributed by atoms with E-state index >= 15 is 0 Å². The second-order valence-corrected chi connectivity index (χ2v) is 7.89. The monoisotopic (exact) mass is 376 g/mol. The van der Waals surface area contributed by atoms with Gasteiger partial charge in [-0.1, -0.05) is 6.08 Å². The Kier molecular flexibility index (Phi) is 4.94. The van der Waals surface area contributed by atoms with Crippen LogP contribution in [0.25, 0.3) is 0 Å². The van der Waals surface area contributed by atoms with Gasteiger partial charge in [0.1, 0.15) is 24.4 Å². The number of carbonyl (C=O) groups excluding carboxylic acids is 1. The number of ether oxygens (including phenoxy) is 6. The molecule has 142 valence electrons. The van der Waals surface area contributed by atoms with E-state index in [0.29, 0.717) is 0 Å². The van der Waals surface area contributed by atoms with Crippen LogP contribution in [0, 0.1) is 0 Å². The first-order valence-electron chi connectivity index (χ1n) is 8.33. The Balaban J connectivity index is 1.92. The van der Waals surface area contributed by atoms with Crippen molar-refractivity contribution in [3.8, 4) is 0 Å². The summed E-state index contributed by atoms with van der Waals surface area (Å²) in [6, 6.07) is 0. The molecule has 7 nitrogen and oxygen atoms in total. The highest BCUT2D eigenvalue weighted by molar-refractivity contribution is 6.22. The van der Waals surface area contributed by atoms with Crippen LogP contribution in [0.3, 0.4) is 0 Å². The Morgan fingerprint density at radius 1 is 1.08 bits per heavy atom. The lowest BCUT2D eigenvalue weighted by molar-refractivity contribution is -0.254. The van der Waals surface area contributed by atoms with Gasteiger partial charge in [0.05, 0.1) is 5.38 Å². The fraction of sp³-hybridized carbons (Fsp3) is 0.824. The van der Waals surface area contributed by atoms with E-state index in [-0.39, 0.29) is 0 Å². The van der Waals surface area contributed by atoms with Gasteiger partial charge in [0.2, 0.25) is 0 Å². The first kappa shape index (κ1) is 19.1. The molecule has 3 fully saturated rings. The summed E-state index contributed by atoms with van der Waals surface area (Å²) in [5, 5.41) is -0.659. The van der Waals surface area contributed by atoms with Crippen molar-refractivity contribution in [2.24, 2.45) is 0 Å². The van der Waals surface area contributed by atoms with Crippen molar-refractivity contribution in [1.29, 1.82) is 0 Å². The SMILES string of the molecule is C=CC(Cl)C(OC(C)=O)[C@H]1O[C@@H]2OC(C)(C)O[C@@H]2[C@H]2OC(C)(C)O[C@H]21. The van der Waals surface area contributed by atoms with Crippen molar-refractivity contribution < 1.29 is 33.2 Å². The average Bonchev–Trinajstić information content (AvgIpc) is 2.97. The second kappa shape index (κ2) is 6.48. The molecule has 25 heavy (non-hydrogen) atoms. The van der Waals surface area contributed by atoms with Gasteiger partial charge in [-0.05, 0) is 27.7 Å². The summed E-state index contributed by atoms with van der Waals surface area (Å²) in [7, 11) is 0. The maximum absolute atomic E-state index is 11.6. The zero-order chi connectivity index (χ0) is 18.6. The Bertz CT molecular complexity index is 549. The van der Waals surface area contributed by atoms with Crippen LogP contribution < -0.4 is 0 Å². The second-order valence-electron chi connectivity index (χ2n) is 7.39. The molecule has 0 N–H and O–H groups in total. The Hall–Kier alpha value is -0.700. The molecule has 0 amide bonds. The lowest BCUT2D eigenvalue weighted by Gasteiger charge is -2.41.